The van der Waals surface area contributed by atoms with E-state index in [1.807, 2.05) is 13.8 Å². The standard InChI is InChI=1S/C21H21ClN4O3S/c1-12-13(2)30-20-19(12)21(29)25(11-23-20)9-7-17(27)24-14-5-6-16(15(22)10-14)26-8-3-4-18(26)28/h5-6,10-11H,3-4,7-9H2,1-2H3,(H,24,27). The van der Waals surface area contributed by atoms with Crippen LogP contribution < -0.4 is 15.8 Å². The van der Waals surface area contributed by atoms with Gasteiger partial charge in [0.15, 0.2) is 0 Å². The summed E-state index contributed by atoms with van der Waals surface area (Å²) in [6.45, 7) is 4.77. The Kier molecular flexibility index (Phi) is 5.62. The molecule has 2 amide bonds. The molecule has 30 heavy (non-hydrogen) atoms. The van der Waals surface area contributed by atoms with Crippen molar-refractivity contribution in [3.63, 3.8) is 0 Å². The SMILES string of the molecule is Cc1sc2ncn(CCC(=O)Nc3ccc(N4CCCC4=O)c(Cl)c3)c(=O)c2c1C. The first kappa shape index (κ1) is 20.6. The summed E-state index contributed by atoms with van der Waals surface area (Å²) >= 11 is 7.82. The van der Waals surface area contributed by atoms with Crippen molar-refractivity contribution in [3.05, 3.63) is 50.3 Å². The van der Waals surface area contributed by atoms with E-state index in [0.717, 1.165) is 21.7 Å². The molecule has 156 valence electrons. The van der Waals surface area contributed by atoms with Crippen LogP contribution in [0.3, 0.4) is 0 Å². The lowest BCUT2D eigenvalue weighted by Crippen LogP contribution is -2.24. The van der Waals surface area contributed by atoms with E-state index in [-0.39, 0.29) is 30.3 Å². The van der Waals surface area contributed by atoms with Crippen LogP contribution in [0.25, 0.3) is 10.2 Å². The third-order valence-electron chi connectivity index (χ3n) is 5.33. The van der Waals surface area contributed by atoms with Gasteiger partial charge in [-0.3, -0.25) is 19.0 Å². The lowest BCUT2D eigenvalue weighted by molar-refractivity contribution is -0.117. The number of halogens is 1. The van der Waals surface area contributed by atoms with Crippen LogP contribution in [0.2, 0.25) is 5.02 Å². The number of nitrogens with one attached hydrogen (secondary N) is 1. The highest BCUT2D eigenvalue weighted by molar-refractivity contribution is 7.18. The summed E-state index contributed by atoms with van der Waals surface area (Å²) in [6, 6.07) is 5.10. The molecule has 0 atom stereocenters. The van der Waals surface area contributed by atoms with E-state index in [2.05, 4.69) is 10.3 Å². The molecule has 7 nitrogen and oxygen atoms in total. The molecular weight excluding hydrogens is 424 g/mol. The number of carbonyl (C=O) groups is 2. The second-order valence-corrected chi connectivity index (χ2v) is 8.93. The summed E-state index contributed by atoms with van der Waals surface area (Å²) in [5, 5.41) is 3.83. The lowest BCUT2D eigenvalue weighted by atomic mass is 10.2. The summed E-state index contributed by atoms with van der Waals surface area (Å²) < 4.78 is 1.47. The Hall–Kier alpha value is -2.71. The molecule has 0 aliphatic carbocycles. The van der Waals surface area contributed by atoms with Crippen LogP contribution in [-0.4, -0.2) is 27.9 Å². The summed E-state index contributed by atoms with van der Waals surface area (Å²) in [7, 11) is 0. The monoisotopic (exact) mass is 444 g/mol. The molecule has 1 aliphatic heterocycles. The Balaban J connectivity index is 1.43. The predicted octanol–water partition coefficient (Wildman–Crippen LogP) is 3.88. The average molecular weight is 445 g/mol. The zero-order valence-electron chi connectivity index (χ0n) is 16.7. The van der Waals surface area contributed by atoms with E-state index in [1.165, 1.54) is 22.2 Å². The molecule has 0 saturated carbocycles. The Labute approximate surface area is 182 Å². The van der Waals surface area contributed by atoms with Gasteiger partial charge >= 0.3 is 0 Å². The topological polar surface area (TPSA) is 84.3 Å². The minimum absolute atomic E-state index is 0.0563. The molecule has 0 bridgehead atoms. The molecule has 1 aliphatic rings. The molecular formula is C21H21ClN4O3S. The smallest absolute Gasteiger partial charge is 0.262 e. The number of aromatic nitrogens is 2. The molecule has 0 radical (unpaired) electrons. The normalized spacial score (nSPS) is 14.0. The van der Waals surface area contributed by atoms with Gasteiger partial charge in [-0.05, 0) is 44.0 Å². The quantitative estimate of drug-likeness (QED) is 0.647. The number of benzene rings is 1. The van der Waals surface area contributed by atoms with Crippen molar-refractivity contribution in [2.24, 2.45) is 0 Å². The number of nitrogens with zero attached hydrogens (tertiary/aromatic N) is 3. The van der Waals surface area contributed by atoms with Crippen molar-refractivity contribution in [3.8, 4) is 0 Å². The van der Waals surface area contributed by atoms with Gasteiger partial charge in [-0.2, -0.15) is 0 Å². The van der Waals surface area contributed by atoms with E-state index in [0.29, 0.717) is 34.7 Å². The van der Waals surface area contributed by atoms with Crippen LogP contribution in [0.5, 0.6) is 0 Å². The van der Waals surface area contributed by atoms with Crippen molar-refractivity contribution in [2.45, 2.75) is 39.7 Å². The van der Waals surface area contributed by atoms with Crippen molar-refractivity contribution < 1.29 is 9.59 Å². The maximum absolute atomic E-state index is 12.7. The van der Waals surface area contributed by atoms with Gasteiger partial charge in [0.1, 0.15) is 4.83 Å². The molecule has 2 aromatic heterocycles. The molecule has 1 fully saturated rings. The lowest BCUT2D eigenvalue weighted by Gasteiger charge is -2.18. The first-order valence-corrected chi connectivity index (χ1v) is 10.9. The number of fused-ring (bicyclic) bond motifs is 1. The Bertz CT molecular complexity index is 1220. The maximum atomic E-state index is 12.7. The van der Waals surface area contributed by atoms with Gasteiger partial charge < -0.3 is 10.2 Å². The summed E-state index contributed by atoms with van der Waals surface area (Å²) in [5.74, 6) is -0.179. The summed E-state index contributed by atoms with van der Waals surface area (Å²) in [5.41, 5.74) is 2.02. The van der Waals surface area contributed by atoms with Crippen molar-refractivity contribution in [1.82, 2.24) is 9.55 Å². The van der Waals surface area contributed by atoms with E-state index in [4.69, 9.17) is 11.6 Å². The number of hydrogen-bond donors (Lipinski definition) is 1. The van der Waals surface area contributed by atoms with E-state index in [1.54, 1.807) is 23.1 Å². The third kappa shape index (κ3) is 3.85. The fourth-order valence-corrected chi connectivity index (χ4v) is 4.85. The maximum Gasteiger partial charge on any atom is 0.262 e. The van der Waals surface area contributed by atoms with Crippen molar-refractivity contribution in [1.29, 1.82) is 0 Å². The summed E-state index contributed by atoms with van der Waals surface area (Å²) in [6.07, 6.45) is 2.96. The highest BCUT2D eigenvalue weighted by atomic mass is 35.5. The number of thiophene rings is 1. The van der Waals surface area contributed by atoms with Gasteiger partial charge in [-0.15, -0.1) is 11.3 Å². The third-order valence-corrected chi connectivity index (χ3v) is 6.75. The number of rotatable bonds is 5. The Morgan fingerprint density at radius 3 is 2.80 bits per heavy atom. The molecule has 1 saturated heterocycles. The average Bonchev–Trinajstić information content (AvgIpc) is 3.25. The van der Waals surface area contributed by atoms with Gasteiger partial charge in [0, 0.05) is 36.5 Å². The molecule has 1 N–H and O–H groups in total. The molecule has 3 aromatic rings. The van der Waals surface area contributed by atoms with Crippen LogP contribution in [-0.2, 0) is 16.1 Å². The van der Waals surface area contributed by atoms with Crippen molar-refractivity contribution >= 4 is 56.3 Å². The first-order valence-electron chi connectivity index (χ1n) is 9.70. The van der Waals surface area contributed by atoms with E-state index in [9.17, 15) is 14.4 Å². The van der Waals surface area contributed by atoms with Gasteiger partial charge in [-0.1, -0.05) is 11.6 Å². The molecule has 0 unspecified atom stereocenters. The Morgan fingerprint density at radius 2 is 2.10 bits per heavy atom. The fourth-order valence-electron chi connectivity index (χ4n) is 3.58. The second kappa shape index (κ2) is 8.20. The highest BCUT2D eigenvalue weighted by Gasteiger charge is 2.23. The van der Waals surface area contributed by atoms with Crippen LogP contribution in [0.4, 0.5) is 11.4 Å². The molecule has 1 aromatic carbocycles. The van der Waals surface area contributed by atoms with Crippen LogP contribution in [0.1, 0.15) is 29.7 Å². The van der Waals surface area contributed by atoms with Crippen molar-refractivity contribution in [2.75, 3.05) is 16.8 Å². The van der Waals surface area contributed by atoms with Crippen LogP contribution in [0.15, 0.2) is 29.3 Å². The minimum atomic E-state index is -0.235. The van der Waals surface area contributed by atoms with Crippen LogP contribution >= 0.6 is 22.9 Å². The molecule has 3 heterocycles. The largest absolute Gasteiger partial charge is 0.326 e. The number of hydrogen-bond acceptors (Lipinski definition) is 5. The molecule has 4 rings (SSSR count). The number of amides is 2. The first-order chi connectivity index (χ1) is 14.3. The fraction of sp³-hybridized carbons (Fsp3) is 0.333. The van der Waals surface area contributed by atoms with Gasteiger partial charge in [0.25, 0.3) is 5.56 Å². The number of anilines is 2. The van der Waals surface area contributed by atoms with Gasteiger partial charge in [-0.25, -0.2) is 4.98 Å². The van der Waals surface area contributed by atoms with Gasteiger partial charge in [0.05, 0.1) is 22.4 Å². The van der Waals surface area contributed by atoms with Crippen LogP contribution in [0, 0.1) is 13.8 Å². The highest BCUT2D eigenvalue weighted by Crippen LogP contribution is 2.31. The number of aryl methyl sites for hydroxylation is 3. The minimum Gasteiger partial charge on any atom is -0.326 e. The Morgan fingerprint density at radius 1 is 1.30 bits per heavy atom. The second-order valence-electron chi connectivity index (χ2n) is 7.32. The zero-order chi connectivity index (χ0) is 21.4. The summed E-state index contributed by atoms with van der Waals surface area (Å²) in [4.78, 5) is 44.8. The van der Waals surface area contributed by atoms with E-state index >= 15 is 0 Å². The molecule has 0 spiro atoms. The molecule has 9 heteroatoms. The number of carbonyl (C=O) groups excluding carboxylic acids is 2. The van der Waals surface area contributed by atoms with Gasteiger partial charge in [0.2, 0.25) is 11.8 Å². The zero-order valence-corrected chi connectivity index (χ0v) is 18.3. The van der Waals surface area contributed by atoms with E-state index < -0.39 is 0 Å². The predicted molar refractivity (Wildman–Crippen MR) is 120 cm³/mol.